The van der Waals surface area contributed by atoms with Gasteiger partial charge in [-0.05, 0) is 35.6 Å². The number of benzene rings is 1. The standard InChI is InChI=1S/C18H25NO2/c1-13-7-5-6-8-16(13)17(18(2,3)4)19-11-14-9-10-15(12-20)21-14/h5-10,17,19-20H,11-12H2,1-4H3/t17-/m1/s1. The fourth-order valence-electron chi connectivity index (χ4n) is 2.60. The van der Waals surface area contributed by atoms with Gasteiger partial charge in [0.05, 0.1) is 6.54 Å². The minimum absolute atomic E-state index is 0.0551. The number of aliphatic hydroxyl groups is 1. The third kappa shape index (κ3) is 3.96. The maximum atomic E-state index is 9.06. The molecule has 2 N–H and O–H groups in total. The highest BCUT2D eigenvalue weighted by molar-refractivity contribution is 5.30. The Morgan fingerprint density at radius 2 is 1.76 bits per heavy atom. The van der Waals surface area contributed by atoms with E-state index in [1.165, 1.54) is 11.1 Å². The van der Waals surface area contributed by atoms with E-state index in [9.17, 15) is 0 Å². The van der Waals surface area contributed by atoms with Crippen LogP contribution in [0, 0.1) is 12.3 Å². The van der Waals surface area contributed by atoms with E-state index in [0.29, 0.717) is 12.3 Å². The van der Waals surface area contributed by atoms with Crippen molar-refractivity contribution < 1.29 is 9.52 Å². The maximum absolute atomic E-state index is 9.06. The molecule has 0 aliphatic carbocycles. The molecule has 21 heavy (non-hydrogen) atoms. The van der Waals surface area contributed by atoms with Crippen molar-refractivity contribution in [2.24, 2.45) is 5.41 Å². The predicted octanol–water partition coefficient (Wildman–Crippen LogP) is 3.96. The van der Waals surface area contributed by atoms with Crippen molar-refractivity contribution in [1.29, 1.82) is 0 Å². The molecule has 2 aromatic rings. The van der Waals surface area contributed by atoms with E-state index < -0.39 is 0 Å². The molecule has 0 saturated carbocycles. The van der Waals surface area contributed by atoms with Crippen molar-refractivity contribution in [2.45, 2.75) is 46.9 Å². The van der Waals surface area contributed by atoms with Crippen LogP contribution in [0.2, 0.25) is 0 Å². The van der Waals surface area contributed by atoms with Crippen molar-refractivity contribution in [2.75, 3.05) is 0 Å². The smallest absolute Gasteiger partial charge is 0.129 e. The molecule has 0 bridgehead atoms. The van der Waals surface area contributed by atoms with E-state index in [1.54, 1.807) is 0 Å². The molecule has 114 valence electrons. The van der Waals surface area contributed by atoms with Crippen LogP contribution in [0.5, 0.6) is 0 Å². The molecule has 0 radical (unpaired) electrons. The molecule has 1 heterocycles. The molecular formula is C18H25NO2. The molecule has 1 aromatic heterocycles. The summed E-state index contributed by atoms with van der Waals surface area (Å²) in [5.41, 5.74) is 2.71. The van der Waals surface area contributed by atoms with E-state index >= 15 is 0 Å². The average Bonchev–Trinajstić information content (AvgIpc) is 2.87. The highest BCUT2D eigenvalue weighted by atomic mass is 16.4. The van der Waals surface area contributed by atoms with Crippen LogP contribution in [0.4, 0.5) is 0 Å². The van der Waals surface area contributed by atoms with Crippen LogP contribution in [-0.2, 0) is 13.2 Å². The maximum Gasteiger partial charge on any atom is 0.129 e. The Morgan fingerprint density at radius 1 is 1.10 bits per heavy atom. The monoisotopic (exact) mass is 287 g/mol. The van der Waals surface area contributed by atoms with Crippen LogP contribution >= 0.6 is 0 Å². The number of nitrogens with one attached hydrogen (secondary N) is 1. The lowest BCUT2D eigenvalue weighted by atomic mass is 9.81. The Hall–Kier alpha value is -1.58. The number of hydrogen-bond donors (Lipinski definition) is 2. The predicted molar refractivity (Wildman–Crippen MR) is 84.8 cm³/mol. The van der Waals surface area contributed by atoms with Gasteiger partial charge in [0.2, 0.25) is 0 Å². The van der Waals surface area contributed by atoms with Crippen LogP contribution in [0.15, 0.2) is 40.8 Å². The quantitative estimate of drug-likeness (QED) is 0.875. The van der Waals surface area contributed by atoms with Gasteiger partial charge in [0.25, 0.3) is 0 Å². The number of hydrogen-bond acceptors (Lipinski definition) is 3. The fraction of sp³-hybridized carbons (Fsp3) is 0.444. The van der Waals surface area contributed by atoms with Gasteiger partial charge in [-0.15, -0.1) is 0 Å². The minimum Gasteiger partial charge on any atom is -0.462 e. The SMILES string of the molecule is Cc1ccccc1[C@@H](NCc1ccc(CO)o1)C(C)(C)C. The van der Waals surface area contributed by atoms with Crippen LogP contribution in [0.1, 0.15) is 49.5 Å². The van der Waals surface area contributed by atoms with Gasteiger partial charge < -0.3 is 14.8 Å². The van der Waals surface area contributed by atoms with Gasteiger partial charge in [-0.2, -0.15) is 0 Å². The number of rotatable bonds is 5. The molecule has 0 aliphatic rings. The zero-order chi connectivity index (χ0) is 15.5. The molecule has 0 unspecified atom stereocenters. The van der Waals surface area contributed by atoms with Crippen molar-refractivity contribution in [3.8, 4) is 0 Å². The van der Waals surface area contributed by atoms with Crippen LogP contribution in [0.25, 0.3) is 0 Å². The average molecular weight is 287 g/mol. The lowest BCUT2D eigenvalue weighted by Crippen LogP contribution is -2.32. The van der Waals surface area contributed by atoms with E-state index in [2.05, 4.69) is 57.3 Å². The molecule has 0 fully saturated rings. The summed E-state index contributed by atoms with van der Waals surface area (Å²) in [5.74, 6) is 1.46. The van der Waals surface area contributed by atoms with E-state index in [0.717, 1.165) is 5.76 Å². The third-order valence-electron chi connectivity index (χ3n) is 3.72. The van der Waals surface area contributed by atoms with Gasteiger partial charge >= 0.3 is 0 Å². The first-order valence-electron chi connectivity index (χ1n) is 7.39. The normalized spacial score (nSPS) is 13.4. The largest absolute Gasteiger partial charge is 0.462 e. The minimum atomic E-state index is -0.0551. The van der Waals surface area contributed by atoms with Gasteiger partial charge in [0, 0.05) is 6.04 Å². The van der Waals surface area contributed by atoms with Gasteiger partial charge in [-0.1, -0.05) is 45.0 Å². The van der Waals surface area contributed by atoms with E-state index in [4.69, 9.17) is 9.52 Å². The Kier molecular flexibility index (Phi) is 4.86. The first-order chi connectivity index (χ1) is 9.91. The van der Waals surface area contributed by atoms with Crippen molar-refractivity contribution in [3.05, 3.63) is 59.0 Å². The van der Waals surface area contributed by atoms with Crippen molar-refractivity contribution in [3.63, 3.8) is 0 Å². The third-order valence-corrected chi connectivity index (χ3v) is 3.72. The van der Waals surface area contributed by atoms with Crippen molar-refractivity contribution in [1.82, 2.24) is 5.32 Å². The zero-order valence-corrected chi connectivity index (χ0v) is 13.3. The van der Waals surface area contributed by atoms with E-state index in [-0.39, 0.29) is 18.1 Å². The topological polar surface area (TPSA) is 45.4 Å². The molecule has 3 nitrogen and oxygen atoms in total. The Labute approximate surface area is 127 Å². The fourth-order valence-corrected chi connectivity index (χ4v) is 2.60. The van der Waals surface area contributed by atoms with Crippen LogP contribution < -0.4 is 5.32 Å². The first kappa shape index (κ1) is 15.8. The van der Waals surface area contributed by atoms with Crippen LogP contribution in [0.3, 0.4) is 0 Å². The molecule has 0 amide bonds. The van der Waals surface area contributed by atoms with Gasteiger partial charge in [0.1, 0.15) is 18.1 Å². The molecule has 3 heteroatoms. The zero-order valence-electron chi connectivity index (χ0n) is 13.3. The van der Waals surface area contributed by atoms with Gasteiger partial charge in [-0.3, -0.25) is 0 Å². The van der Waals surface area contributed by atoms with Crippen molar-refractivity contribution >= 4 is 0 Å². The Balaban J connectivity index is 2.16. The molecule has 1 atom stereocenters. The van der Waals surface area contributed by atoms with Crippen LogP contribution in [-0.4, -0.2) is 5.11 Å². The summed E-state index contributed by atoms with van der Waals surface area (Å²) in [6.07, 6.45) is 0. The Morgan fingerprint density at radius 3 is 2.33 bits per heavy atom. The molecular weight excluding hydrogens is 262 g/mol. The molecule has 0 spiro atoms. The summed E-state index contributed by atoms with van der Waals surface area (Å²) in [7, 11) is 0. The second-order valence-corrected chi connectivity index (χ2v) is 6.56. The summed E-state index contributed by atoms with van der Waals surface area (Å²) in [5, 5.41) is 12.7. The first-order valence-corrected chi connectivity index (χ1v) is 7.39. The molecule has 2 rings (SSSR count). The molecule has 0 saturated heterocycles. The van der Waals surface area contributed by atoms with E-state index in [1.807, 2.05) is 12.1 Å². The second kappa shape index (κ2) is 6.46. The summed E-state index contributed by atoms with van der Waals surface area (Å²) in [6.45, 7) is 9.44. The van der Waals surface area contributed by atoms with Gasteiger partial charge in [0.15, 0.2) is 0 Å². The highest BCUT2D eigenvalue weighted by Crippen LogP contribution is 2.34. The molecule has 1 aromatic carbocycles. The lowest BCUT2D eigenvalue weighted by molar-refractivity contribution is 0.236. The molecule has 0 aliphatic heterocycles. The lowest BCUT2D eigenvalue weighted by Gasteiger charge is -2.33. The number of aryl methyl sites for hydroxylation is 1. The Bertz CT molecular complexity index is 581. The summed E-state index contributed by atoms with van der Waals surface area (Å²) in [4.78, 5) is 0. The number of furan rings is 1. The summed E-state index contributed by atoms with van der Waals surface area (Å²) >= 11 is 0. The summed E-state index contributed by atoms with van der Waals surface area (Å²) < 4.78 is 5.55. The number of aliphatic hydroxyl groups excluding tert-OH is 1. The summed E-state index contributed by atoms with van der Waals surface area (Å²) in [6, 6.07) is 12.4. The van der Waals surface area contributed by atoms with Gasteiger partial charge in [-0.25, -0.2) is 0 Å². The second-order valence-electron chi connectivity index (χ2n) is 6.56. The highest BCUT2D eigenvalue weighted by Gasteiger charge is 2.27.